The minimum Gasteiger partial charge on any atom is -0.392 e. The van der Waals surface area contributed by atoms with Crippen LogP contribution >= 0.6 is 0 Å². The first-order chi connectivity index (χ1) is 4.41. The van der Waals surface area contributed by atoms with Gasteiger partial charge < -0.3 is 9.84 Å². The van der Waals surface area contributed by atoms with E-state index in [-0.39, 0.29) is 6.61 Å². The summed E-state index contributed by atoms with van der Waals surface area (Å²) in [4.78, 5) is 0. The van der Waals surface area contributed by atoms with Crippen molar-refractivity contribution in [2.24, 2.45) is 0 Å². The molecule has 0 unspecified atom stereocenters. The Morgan fingerprint density at radius 2 is 1.89 bits per heavy atom. The molecule has 1 aliphatic heterocycles. The lowest BCUT2D eigenvalue weighted by molar-refractivity contribution is 0.198. The van der Waals surface area contributed by atoms with Crippen molar-refractivity contribution < 1.29 is 9.84 Å². The van der Waals surface area contributed by atoms with Crippen molar-refractivity contribution in [3.8, 4) is 0 Å². The van der Waals surface area contributed by atoms with E-state index in [1.807, 2.05) is 0 Å². The molecule has 2 nitrogen and oxygen atoms in total. The lowest BCUT2D eigenvalue weighted by atomic mass is 10.4. The molecule has 54 valence electrons. The molecule has 0 radical (unpaired) electrons. The van der Waals surface area contributed by atoms with Crippen LogP contribution in [-0.2, 0) is 4.74 Å². The maximum absolute atomic E-state index is 7.76. The first-order valence-corrected chi connectivity index (χ1v) is 3.21. The van der Waals surface area contributed by atoms with Gasteiger partial charge in [0.2, 0.25) is 0 Å². The van der Waals surface area contributed by atoms with Crippen molar-refractivity contribution in [3.05, 3.63) is 12.7 Å². The van der Waals surface area contributed by atoms with Gasteiger partial charge in [-0.25, -0.2) is 0 Å². The predicted octanol–water partition coefficient (Wildman–Crippen LogP) is 0.961. The van der Waals surface area contributed by atoms with Crippen LogP contribution in [0.2, 0.25) is 0 Å². The van der Waals surface area contributed by atoms with Gasteiger partial charge in [-0.2, -0.15) is 0 Å². The highest BCUT2D eigenvalue weighted by Crippen LogP contribution is 1.98. The monoisotopic (exact) mass is 130 g/mol. The second kappa shape index (κ2) is 7.66. The average Bonchev–Trinajstić information content (AvgIpc) is 2.43. The van der Waals surface area contributed by atoms with Gasteiger partial charge in [-0.15, -0.1) is 6.58 Å². The van der Waals surface area contributed by atoms with Crippen molar-refractivity contribution in [1.29, 1.82) is 0 Å². The second-order valence-electron chi connectivity index (χ2n) is 1.79. The van der Waals surface area contributed by atoms with E-state index in [1.165, 1.54) is 18.9 Å². The number of hydrogen-bond donors (Lipinski definition) is 1. The Labute approximate surface area is 56.1 Å². The Balaban J connectivity index is 0.000000148. The molecule has 0 amide bonds. The van der Waals surface area contributed by atoms with Crippen molar-refractivity contribution >= 4 is 0 Å². The van der Waals surface area contributed by atoms with E-state index in [0.717, 1.165) is 13.2 Å². The highest BCUT2D eigenvalue weighted by atomic mass is 16.5. The van der Waals surface area contributed by atoms with Gasteiger partial charge in [0.1, 0.15) is 0 Å². The third-order valence-electron chi connectivity index (χ3n) is 0.956. The van der Waals surface area contributed by atoms with Gasteiger partial charge in [-0.05, 0) is 12.8 Å². The minimum atomic E-state index is 0.0833. The van der Waals surface area contributed by atoms with Crippen LogP contribution in [-0.4, -0.2) is 24.9 Å². The average molecular weight is 130 g/mol. The Bertz CT molecular complexity index is 50.3. The highest BCUT2D eigenvalue weighted by Gasteiger charge is 1.94. The number of hydrogen-bond acceptors (Lipinski definition) is 2. The van der Waals surface area contributed by atoms with E-state index in [9.17, 15) is 0 Å². The number of rotatable bonds is 1. The number of ether oxygens (including phenoxy) is 1. The van der Waals surface area contributed by atoms with Crippen LogP contribution in [0, 0.1) is 0 Å². The summed E-state index contributed by atoms with van der Waals surface area (Å²) in [5.41, 5.74) is 0. The summed E-state index contributed by atoms with van der Waals surface area (Å²) in [5.74, 6) is 0. The van der Waals surface area contributed by atoms with Gasteiger partial charge in [0.25, 0.3) is 0 Å². The molecule has 0 bridgehead atoms. The summed E-state index contributed by atoms with van der Waals surface area (Å²) in [7, 11) is 0. The molecule has 1 fully saturated rings. The Kier molecular flexibility index (Phi) is 7.37. The van der Waals surface area contributed by atoms with Gasteiger partial charge >= 0.3 is 0 Å². The lowest BCUT2D eigenvalue weighted by Crippen LogP contribution is -1.74. The summed E-state index contributed by atoms with van der Waals surface area (Å²) in [5, 5.41) is 7.76. The van der Waals surface area contributed by atoms with Crippen LogP contribution in [0.15, 0.2) is 12.7 Å². The topological polar surface area (TPSA) is 29.5 Å². The summed E-state index contributed by atoms with van der Waals surface area (Å²) in [6, 6.07) is 0. The molecule has 0 saturated carbocycles. The Morgan fingerprint density at radius 1 is 1.44 bits per heavy atom. The van der Waals surface area contributed by atoms with E-state index in [2.05, 4.69) is 6.58 Å². The normalized spacial score (nSPS) is 16.1. The quantitative estimate of drug-likeness (QED) is 0.536. The molecule has 0 aromatic carbocycles. The SMILES string of the molecule is C1CCOC1.C=CCO. The molecular weight excluding hydrogens is 116 g/mol. The first kappa shape index (κ1) is 8.66. The zero-order valence-corrected chi connectivity index (χ0v) is 5.68. The molecule has 9 heavy (non-hydrogen) atoms. The summed E-state index contributed by atoms with van der Waals surface area (Å²) in [6.07, 6.45) is 3.99. The third kappa shape index (κ3) is 7.66. The van der Waals surface area contributed by atoms with Crippen LogP contribution in [0.25, 0.3) is 0 Å². The van der Waals surface area contributed by atoms with Crippen LogP contribution < -0.4 is 0 Å². The first-order valence-electron chi connectivity index (χ1n) is 3.21. The van der Waals surface area contributed by atoms with Crippen molar-refractivity contribution in [2.75, 3.05) is 19.8 Å². The molecule has 1 saturated heterocycles. The van der Waals surface area contributed by atoms with Crippen LogP contribution in [0.4, 0.5) is 0 Å². The standard InChI is InChI=1S/C4H8O.C3H6O/c1-2-4-5-3-1;1-2-3-4/h1-4H2;2,4H,1,3H2. The molecule has 0 atom stereocenters. The van der Waals surface area contributed by atoms with E-state index >= 15 is 0 Å². The summed E-state index contributed by atoms with van der Waals surface area (Å²) in [6.45, 7) is 5.31. The van der Waals surface area contributed by atoms with E-state index in [4.69, 9.17) is 9.84 Å². The zero-order valence-electron chi connectivity index (χ0n) is 5.68. The summed E-state index contributed by atoms with van der Waals surface area (Å²) < 4.78 is 4.94. The molecular formula is C7H14O2. The zero-order chi connectivity index (χ0) is 6.95. The summed E-state index contributed by atoms with van der Waals surface area (Å²) >= 11 is 0. The van der Waals surface area contributed by atoms with Gasteiger partial charge in [0.05, 0.1) is 6.61 Å². The maximum atomic E-state index is 7.76. The highest BCUT2D eigenvalue weighted by molar-refractivity contribution is 4.60. The smallest absolute Gasteiger partial charge is 0.0609 e. The molecule has 2 heteroatoms. The van der Waals surface area contributed by atoms with Crippen LogP contribution in [0.5, 0.6) is 0 Å². The molecule has 1 rings (SSSR count). The van der Waals surface area contributed by atoms with Gasteiger partial charge in [-0.3, -0.25) is 0 Å². The van der Waals surface area contributed by atoms with Crippen molar-refractivity contribution in [1.82, 2.24) is 0 Å². The Morgan fingerprint density at radius 3 is 2.00 bits per heavy atom. The van der Waals surface area contributed by atoms with E-state index < -0.39 is 0 Å². The van der Waals surface area contributed by atoms with E-state index in [1.54, 1.807) is 0 Å². The molecule has 0 aromatic rings. The molecule has 0 aliphatic carbocycles. The Hall–Kier alpha value is -0.340. The molecule has 1 N–H and O–H groups in total. The van der Waals surface area contributed by atoms with Crippen molar-refractivity contribution in [2.45, 2.75) is 12.8 Å². The largest absolute Gasteiger partial charge is 0.392 e. The van der Waals surface area contributed by atoms with Gasteiger partial charge in [0.15, 0.2) is 0 Å². The lowest BCUT2D eigenvalue weighted by Gasteiger charge is -1.76. The fourth-order valence-corrected chi connectivity index (χ4v) is 0.510. The molecule has 0 spiro atoms. The van der Waals surface area contributed by atoms with Gasteiger partial charge in [0, 0.05) is 13.2 Å². The third-order valence-corrected chi connectivity index (χ3v) is 0.956. The maximum Gasteiger partial charge on any atom is 0.0609 e. The fraction of sp³-hybridized carbons (Fsp3) is 0.714. The molecule has 0 aromatic heterocycles. The predicted molar refractivity (Wildman–Crippen MR) is 37.3 cm³/mol. The van der Waals surface area contributed by atoms with Crippen LogP contribution in [0.1, 0.15) is 12.8 Å². The molecule has 1 aliphatic rings. The van der Waals surface area contributed by atoms with E-state index in [0.29, 0.717) is 0 Å². The van der Waals surface area contributed by atoms with Crippen LogP contribution in [0.3, 0.4) is 0 Å². The fourth-order valence-electron chi connectivity index (χ4n) is 0.510. The number of aliphatic hydroxyl groups excluding tert-OH is 1. The number of aliphatic hydroxyl groups is 1. The minimum absolute atomic E-state index is 0.0833. The second-order valence-corrected chi connectivity index (χ2v) is 1.79. The molecule has 1 heterocycles. The van der Waals surface area contributed by atoms with Gasteiger partial charge in [-0.1, -0.05) is 6.08 Å². The van der Waals surface area contributed by atoms with Crippen molar-refractivity contribution in [3.63, 3.8) is 0 Å².